The van der Waals surface area contributed by atoms with Gasteiger partial charge in [0.05, 0.1) is 5.69 Å². The van der Waals surface area contributed by atoms with Crippen LogP contribution in [0.2, 0.25) is 5.02 Å². The van der Waals surface area contributed by atoms with Gasteiger partial charge in [-0.1, -0.05) is 17.7 Å². The van der Waals surface area contributed by atoms with Gasteiger partial charge in [0.15, 0.2) is 5.69 Å². The van der Waals surface area contributed by atoms with Crippen LogP contribution in [-0.4, -0.2) is 15.0 Å². The zero-order chi connectivity index (χ0) is 14.2. The van der Waals surface area contributed by atoms with E-state index >= 15 is 0 Å². The Morgan fingerprint density at radius 3 is 2.53 bits per heavy atom. The van der Waals surface area contributed by atoms with E-state index in [2.05, 4.69) is 5.10 Å². The first kappa shape index (κ1) is 13.8. The summed E-state index contributed by atoms with van der Waals surface area (Å²) >= 11 is 11.4. The molecule has 1 aromatic heterocycles. The molecule has 0 aliphatic carbocycles. The Labute approximate surface area is 119 Å². The van der Waals surface area contributed by atoms with Crippen LogP contribution in [0.5, 0.6) is 0 Å². The van der Waals surface area contributed by atoms with Crippen molar-refractivity contribution in [2.75, 3.05) is 0 Å². The Morgan fingerprint density at radius 1 is 1.26 bits per heavy atom. The topological polar surface area (TPSA) is 52.0 Å². The smallest absolute Gasteiger partial charge is 0.276 e. The second-order valence-electron chi connectivity index (χ2n) is 4.12. The van der Waals surface area contributed by atoms with Gasteiger partial charge in [-0.2, -0.15) is 5.10 Å². The maximum Gasteiger partial charge on any atom is 0.276 e. The Hall–Kier alpha value is -1.65. The van der Waals surface area contributed by atoms with Crippen molar-refractivity contribution in [2.24, 2.45) is 0 Å². The van der Waals surface area contributed by atoms with Crippen LogP contribution in [0.15, 0.2) is 29.1 Å². The van der Waals surface area contributed by atoms with Crippen molar-refractivity contribution < 1.29 is 4.79 Å². The molecule has 0 fully saturated rings. The van der Waals surface area contributed by atoms with Crippen LogP contribution in [-0.2, 0) is 0 Å². The molecule has 4 nitrogen and oxygen atoms in total. The molecule has 2 rings (SSSR count). The van der Waals surface area contributed by atoms with Gasteiger partial charge in [-0.05, 0) is 43.1 Å². The molecule has 0 bridgehead atoms. The van der Waals surface area contributed by atoms with Crippen molar-refractivity contribution in [3.8, 4) is 5.69 Å². The van der Waals surface area contributed by atoms with Gasteiger partial charge in [-0.3, -0.25) is 9.59 Å². The lowest BCUT2D eigenvalue weighted by Gasteiger charge is -2.11. The minimum Gasteiger partial charge on any atom is -0.287 e. The Balaban J connectivity index is 2.68. The lowest BCUT2D eigenvalue weighted by Crippen LogP contribution is -2.20. The average Bonchev–Trinajstić information content (AvgIpc) is 2.32. The minimum absolute atomic E-state index is 0.302. The van der Waals surface area contributed by atoms with Crippen LogP contribution in [0, 0.1) is 13.8 Å². The molecule has 0 N–H and O–H groups in total. The molecule has 0 atom stereocenters. The van der Waals surface area contributed by atoms with Gasteiger partial charge in [0.1, 0.15) is 0 Å². The van der Waals surface area contributed by atoms with Gasteiger partial charge in [0, 0.05) is 16.8 Å². The highest BCUT2D eigenvalue weighted by molar-refractivity contribution is 6.67. The van der Waals surface area contributed by atoms with Crippen molar-refractivity contribution in [2.45, 2.75) is 13.8 Å². The first-order valence-electron chi connectivity index (χ1n) is 5.47. The fourth-order valence-electron chi connectivity index (χ4n) is 1.66. The Bertz CT molecular complexity index is 723. The van der Waals surface area contributed by atoms with E-state index in [9.17, 15) is 9.59 Å². The van der Waals surface area contributed by atoms with Crippen LogP contribution in [0.4, 0.5) is 0 Å². The van der Waals surface area contributed by atoms with Gasteiger partial charge < -0.3 is 0 Å². The van der Waals surface area contributed by atoms with Gasteiger partial charge in [0.25, 0.3) is 5.24 Å². The lowest BCUT2D eigenvalue weighted by atomic mass is 10.2. The highest BCUT2D eigenvalue weighted by Gasteiger charge is 2.13. The van der Waals surface area contributed by atoms with Crippen molar-refractivity contribution in [1.29, 1.82) is 0 Å². The van der Waals surface area contributed by atoms with Gasteiger partial charge in [-0.25, -0.2) is 4.68 Å². The van der Waals surface area contributed by atoms with Crippen molar-refractivity contribution in [3.63, 3.8) is 0 Å². The molecule has 0 aliphatic heterocycles. The van der Waals surface area contributed by atoms with Crippen LogP contribution >= 0.6 is 23.2 Å². The molecule has 0 spiro atoms. The molecule has 19 heavy (non-hydrogen) atoms. The number of aryl methyl sites for hydroxylation is 2. The van der Waals surface area contributed by atoms with E-state index in [1.54, 1.807) is 19.1 Å². The predicted octanol–water partition coefficient (Wildman–Crippen LogP) is 2.88. The van der Waals surface area contributed by atoms with Crippen molar-refractivity contribution in [3.05, 3.63) is 56.5 Å². The summed E-state index contributed by atoms with van der Waals surface area (Å²) in [6, 6.07) is 6.66. The normalized spacial score (nSPS) is 10.5. The molecule has 0 amide bonds. The highest BCUT2D eigenvalue weighted by atomic mass is 35.5. The number of benzene rings is 1. The average molecular weight is 297 g/mol. The number of aromatic nitrogens is 2. The third-order valence-electron chi connectivity index (χ3n) is 2.69. The maximum absolute atomic E-state index is 11.6. The molecular formula is C13H10Cl2N2O2. The number of hydrogen-bond acceptors (Lipinski definition) is 3. The standard InChI is InChI=1S/C13H10Cl2N2O2/c1-7-3-4-9(6-10(7)14)17-8(2)5-11(18)12(16-17)13(15)19/h3-6H,1-2H3. The van der Waals surface area contributed by atoms with E-state index in [1.165, 1.54) is 10.7 Å². The van der Waals surface area contributed by atoms with Gasteiger partial charge >= 0.3 is 0 Å². The molecule has 0 aliphatic rings. The molecule has 2 aromatic rings. The quantitative estimate of drug-likeness (QED) is 0.801. The summed E-state index contributed by atoms with van der Waals surface area (Å²) in [5.41, 5.74) is 1.38. The second kappa shape index (κ2) is 5.15. The minimum atomic E-state index is -0.878. The number of carbonyl (C=O) groups is 1. The number of carbonyl (C=O) groups excluding carboxylic acids is 1. The summed E-state index contributed by atoms with van der Waals surface area (Å²) in [5.74, 6) is 0. The van der Waals surface area contributed by atoms with E-state index in [1.807, 2.05) is 13.0 Å². The van der Waals surface area contributed by atoms with E-state index in [-0.39, 0.29) is 5.69 Å². The van der Waals surface area contributed by atoms with E-state index in [0.29, 0.717) is 16.4 Å². The summed E-state index contributed by atoms with van der Waals surface area (Å²) < 4.78 is 1.46. The summed E-state index contributed by atoms with van der Waals surface area (Å²) in [7, 11) is 0. The summed E-state index contributed by atoms with van der Waals surface area (Å²) in [5, 5.41) is 3.68. The van der Waals surface area contributed by atoms with Crippen molar-refractivity contribution >= 4 is 28.4 Å². The first-order valence-corrected chi connectivity index (χ1v) is 6.23. The summed E-state index contributed by atoms with van der Waals surface area (Å²) in [6.45, 7) is 3.59. The zero-order valence-corrected chi connectivity index (χ0v) is 11.8. The fourth-order valence-corrected chi connectivity index (χ4v) is 1.96. The molecule has 0 saturated carbocycles. The third-order valence-corrected chi connectivity index (χ3v) is 3.28. The monoisotopic (exact) mass is 296 g/mol. The lowest BCUT2D eigenvalue weighted by molar-refractivity contribution is 0.107. The molecule has 1 aromatic carbocycles. The SMILES string of the molecule is Cc1ccc(-n2nc(C(=O)Cl)c(=O)cc2C)cc1Cl. The molecular weight excluding hydrogens is 287 g/mol. The van der Waals surface area contributed by atoms with Crippen LogP contribution in [0.3, 0.4) is 0 Å². The van der Waals surface area contributed by atoms with Crippen LogP contribution in [0.1, 0.15) is 21.7 Å². The van der Waals surface area contributed by atoms with E-state index in [0.717, 1.165) is 5.56 Å². The zero-order valence-electron chi connectivity index (χ0n) is 10.3. The third kappa shape index (κ3) is 2.69. The molecule has 6 heteroatoms. The second-order valence-corrected chi connectivity index (χ2v) is 4.87. The van der Waals surface area contributed by atoms with Crippen molar-refractivity contribution in [1.82, 2.24) is 9.78 Å². The number of nitrogens with zero attached hydrogens (tertiary/aromatic N) is 2. The van der Waals surface area contributed by atoms with E-state index < -0.39 is 10.7 Å². The molecule has 98 valence electrons. The molecule has 0 radical (unpaired) electrons. The van der Waals surface area contributed by atoms with E-state index in [4.69, 9.17) is 23.2 Å². The Kier molecular flexibility index (Phi) is 3.73. The summed E-state index contributed by atoms with van der Waals surface area (Å²) in [4.78, 5) is 22.7. The largest absolute Gasteiger partial charge is 0.287 e. The van der Waals surface area contributed by atoms with Gasteiger partial charge in [0.2, 0.25) is 5.43 Å². The number of halogens is 2. The van der Waals surface area contributed by atoms with Gasteiger partial charge in [-0.15, -0.1) is 0 Å². The number of rotatable bonds is 2. The maximum atomic E-state index is 11.6. The first-order chi connectivity index (χ1) is 8.90. The van der Waals surface area contributed by atoms with Crippen LogP contribution in [0.25, 0.3) is 5.69 Å². The highest BCUT2D eigenvalue weighted by Crippen LogP contribution is 2.19. The molecule has 1 heterocycles. The molecule has 0 saturated heterocycles. The Morgan fingerprint density at radius 2 is 1.95 bits per heavy atom. The number of hydrogen-bond donors (Lipinski definition) is 0. The summed E-state index contributed by atoms with van der Waals surface area (Å²) in [6.07, 6.45) is 0. The predicted molar refractivity (Wildman–Crippen MR) is 74.5 cm³/mol. The molecule has 0 unspecified atom stereocenters. The van der Waals surface area contributed by atoms with Crippen LogP contribution < -0.4 is 5.43 Å². The fraction of sp³-hybridized carbons (Fsp3) is 0.154.